The van der Waals surface area contributed by atoms with Gasteiger partial charge in [0.2, 0.25) is 0 Å². The predicted octanol–water partition coefficient (Wildman–Crippen LogP) is 2.05. The van der Waals surface area contributed by atoms with Crippen molar-refractivity contribution in [1.82, 2.24) is 0 Å². The van der Waals surface area contributed by atoms with Crippen LogP contribution in [-0.4, -0.2) is 18.9 Å². The number of carbonyl (C=O) groups is 2. The maximum atomic E-state index is 13.5. The van der Waals surface area contributed by atoms with Gasteiger partial charge in [0.05, 0.1) is 12.7 Å². The third kappa shape index (κ3) is 2.66. The Morgan fingerprint density at radius 3 is 2.50 bits per heavy atom. The van der Waals surface area contributed by atoms with Crippen LogP contribution in [0.15, 0.2) is 12.1 Å². The quantitative estimate of drug-likeness (QED) is 0.738. The van der Waals surface area contributed by atoms with Crippen molar-refractivity contribution in [2.75, 3.05) is 7.11 Å². The zero-order chi connectivity index (χ0) is 12.3. The Bertz CT molecular complexity index is 438. The van der Waals surface area contributed by atoms with E-state index in [-0.39, 0.29) is 23.3 Å². The zero-order valence-corrected chi connectivity index (χ0v) is 9.46. The van der Waals surface area contributed by atoms with Crippen LogP contribution in [0.5, 0.6) is 0 Å². The van der Waals surface area contributed by atoms with Gasteiger partial charge in [0, 0.05) is 6.42 Å². The molecule has 0 N–H and O–H groups in total. The molecule has 0 aliphatic heterocycles. The molecule has 1 aromatic rings. The summed E-state index contributed by atoms with van der Waals surface area (Å²) in [6.45, 7) is 2.91. The number of ether oxygens (including phenoxy) is 1. The van der Waals surface area contributed by atoms with E-state index in [0.29, 0.717) is 5.56 Å². The minimum Gasteiger partial charge on any atom is -0.465 e. The molecule has 0 heterocycles. The number of halogens is 1. The van der Waals surface area contributed by atoms with Crippen LogP contribution in [0.1, 0.15) is 28.4 Å². The number of Topliss-reactive ketones (excluding diaryl/α,β-unsaturated/α-hetero) is 1. The van der Waals surface area contributed by atoms with Crippen molar-refractivity contribution in [3.63, 3.8) is 0 Å². The van der Waals surface area contributed by atoms with Crippen molar-refractivity contribution in [2.45, 2.75) is 20.3 Å². The molecule has 0 bridgehead atoms. The third-order valence-electron chi connectivity index (χ3n) is 2.26. The molecule has 0 aliphatic carbocycles. The van der Waals surface area contributed by atoms with Crippen LogP contribution >= 0.6 is 0 Å². The third-order valence-corrected chi connectivity index (χ3v) is 2.26. The van der Waals surface area contributed by atoms with Crippen molar-refractivity contribution in [3.8, 4) is 0 Å². The minimum atomic E-state index is -0.596. The molecule has 0 fully saturated rings. The predicted molar refractivity (Wildman–Crippen MR) is 56.9 cm³/mol. The lowest BCUT2D eigenvalue weighted by atomic mass is 10.0. The van der Waals surface area contributed by atoms with Gasteiger partial charge in [0.25, 0.3) is 0 Å². The molecule has 86 valence electrons. The molecule has 0 aliphatic rings. The number of hydrogen-bond acceptors (Lipinski definition) is 3. The smallest absolute Gasteiger partial charge is 0.338 e. The van der Waals surface area contributed by atoms with Crippen LogP contribution in [0.3, 0.4) is 0 Å². The second-order valence-corrected chi connectivity index (χ2v) is 3.62. The molecular formula is C12H13FO3. The van der Waals surface area contributed by atoms with E-state index >= 15 is 0 Å². The van der Waals surface area contributed by atoms with Crippen LogP contribution in [0.2, 0.25) is 0 Å². The number of ketones is 1. The molecule has 1 aromatic carbocycles. The second kappa shape index (κ2) is 4.88. The van der Waals surface area contributed by atoms with Crippen molar-refractivity contribution in [2.24, 2.45) is 0 Å². The van der Waals surface area contributed by atoms with Gasteiger partial charge in [0.1, 0.15) is 11.6 Å². The molecule has 0 atom stereocenters. The highest BCUT2D eigenvalue weighted by molar-refractivity contribution is 5.91. The van der Waals surface area contributed by atoms with Crippen molar-refractivity contribution in [1.29, 1.82) is 0 Å². The Morgan fingerprint density at radius 2 is 2.00 bits per heavy atom. The first kappa shape index (κ1) is 12.4. The van der Waals surface area contributed by atoms with Gasteiger partial charge >= 0.3 is 5.97 Å². The number of carbonyl (C=O) groups excluding carboxylic acids is 2. The van der Waals surface area contributed by atoms with E-state index in [4.69, 9.17) is 0 Å². The molecule has 1 rings (SSSR count). The van der Waals surface area contributed by atoms with E-state index in [1.54, 1.807) is 0 Å². The maximum Gasteiger partial charge on any atom is 0.338 e. The van der Waals surface area contributed by atoms with E-state index in [1.165, 1.54) is 33.1 Å². The topological polar surface area (TPSA) is 43.4 Å². The highest BCUT2D eigenvalue weighted by Crippen LogP contribution is 2.17. The number of methoxy groups -OCH3 is 1. The van der Waals surface area contributed by atoms with Gasteiger partial charge in [0.15, 0.2) is 0 Å². The lowest BCUT2D eigenvalue weighted by molar-refractivity contribution is -0.116. The number of rotatable bonds is 3. The van der Waals surface area contributed by atoms with Gasteiger partial charge in [-0.2, -0.15) is 0 Å². The highest BCUT2D eigenvalue weighted by Gasteiger charge is 2.14. The summed E-state index contributed by atoms with van der Waals surface area (Å²) < 4.78 is 18.0. The molecule has 0 amide bonds. The average Bonchev–Trinajstić information content (AvgIpc) is 2.21. The largest absolute Gasteiger partial charge is 0.465 e. The summed E-state index contributed by atoms with van der Waals surface area (Å²) in [5.41, 5.74) is 0.883. The van der Waals surface area contributed by atoms with Gasteiger partial charge in [-0.05, 0) is 37.1 Å². The number of hydrogen-bond donors (Lipinski definition) is 0. The summed E-state index contributed by atoms with van der Waals surface area (Å²) in [6, 6.07) is 2.76. The van der Waals surface area contributed by atoms with Crippen LogP contribution < -0.4 is 0 Å². The summed E-state index contributed by atoms with van der Waals surface area (Å²) >= 11 is 0. The molecule has 3 nitrogen and oxygen atoms in total. The zero-order valence-electron chi connectivity index (χ0n) is 9.46. The Hall–Kier alpha value is -1.71. The summed E-state index contributed by atoms with van der Waals surface area (Å²) in [6.07, 6.45) is 0.112. The fourth-order valence-corrected chi connectivity index (χ4v) is 1.45. The molecule has 0 saturated heterocycles. The Kier molecular flexibility index (Phi) is 3.77. The normalized spacial score (nSPS) is 10.0. The minimum absolute atomic E-state index is 0.0842. The molecule has 0 aromatic heterocycles. The van der Waals surface area contributed by atoms with Crippen LogP contribution in [-0.2, 0) is 16.0 Å². The molecule has 4 heteroatoms. The van der Waals surface area contributed by atoms with E-state index in [2.05, 4.69) is 4.74 Å². The first-order valence-electron chi connectivity index (χ1n) is 4.82. The maximum absolute atomic E-state index is 13.5. The summed E-state index contributed by atoms with van der Waals surface area (Å²) in [5, 5.41) is 0. The van der Waals surface area contributed by atoms with Crippen molar-refractivity contribution >= 4 is 11.8 Å². The van der Waals surface area contributed by atoms with Crippen molar-refractivity contribution < 1.29 is 18.7 Å². The lowest BCUT2D eigenvalue weighted by Crippen LogP contribution is -2.08. The van der Waals surface area contributed by atoms with Gasteiger partial charge in [-0.1, -0.05) is 0 Å². The van der Waals surface area contributed by atoms with Gasteiger partial charge in [-0.3, -0.25) is 4.79 Å². The van der Waals surface area contributed by atoms with Crippen LogP contribution in [0.4, 0.5) is 4.39 Å². The Balaban J connectivity index is 3.21. The van der Waals surface area contributed by atoms with Crippen molar-refractivity contribution in [3.05, 3.63) is 34.6 Å². The molecule has 0 radical (unpaired) electrons. The molecule has 16 heavy (non-hydrogen) atoms. The standard InChI is InChI=1S/C12H13FO3/c1-7(14)4-9-5-10(12(15)16-3)8(2)11(13)6-9/h5-6H,4H2,1-3H3. The lowest BCUT2D eigenvalue weighted by Gasteiger charge is -2.07. The summed E-state index contributed by atoms with van der Waals surface area (Å²) in [4.78, 5) is 22.3. The van der Waals surface area contributed by atoms with Gasteiger partial charge < -0.3 is 4.74 Å². The SMILES string of the molecule is COC(=O)c1cc(CC(C)=O)cc(F)c1C. The summed E-state index contributed by atoms with van der Waals surface area (Å²) in [5.74, 6) is -1.18. The first-order chi connectivity index (χ1) is 7.45. The fraction of sp³-hybridized carbons (Fsp3) is 0.333. The van der Waals surface area contributed by atoms with Crippen LogP contribution in [0.25, 0.3) is 0 Å². The first-order valence-corrected chi connectivity index (χ1v) is 4.82. The molecular weight excluding hydrogens is 211 g/mol. The number of benzene rings is 1. The van der Waals surface area contributed by atoms with Gasteiger partial charge in [-0.15, -0.1) is 0 Å². The van der Waals surface area contributed by atoms with Gasteiger partial charge in [-0.25, -0.2) is 9.18 Å². The van der Waals surface area contributed by atoms with E-state index in [9.17, 15) is 14.0 Å². The Labute approximate surface area is 93.2 Å². The molecule has 0 unspecified atom stereocenters. The molecule has 0 saturated carbocycles. The van der Waals surface area contributed by atoms with E-state index in [1.807, 2.05) is 0 Å². The molecule has 0 spiro atoms. The second-order valence-electron chi connectivity index (χ2n) is 3.62. The summed E-state index contributed by atoms with van der Waals surface area (Å²) in [7, 11) is 1.23. The Morgan fingerprint density at radius 1 is 1.38 bits per heavy atom. The number of esters is 1. The van der Waals surface area contributed by atoms with E-state index < -0.39 is 11.8 Å². The van der Waals surface area contributed by atoms with E-state index in [0.717, 1.165) is 0 Å². The highest BCUT2D eigenvalue weighted by atomic mass is 19.1. The monoisotopic (exact) mass is 224 g/mol. The average molecular weight is 224 g/mol. The fourth-order valence-electron chi connectivity index (χ4n) is 1.45. The van der Waals surface area contributed by atoms with Crippen LogP contribution in [0, 0.1) is 12.7 Å².